The summed E-state index contributed by atoms with van der Waals surface area (Å²) in [7, 11) is 0. The molecule has 2 aromatic rings. The van der Waals surface area contributed by atoms with E-state index in [1.807, 2.05) is 12.1 Å². The van der Waals surface area contributed by atoms with Crippen molar-refractivity contribution in [1.82, 2.24) is 9.97 Å². The maximum atomic E-state index is 11.8. The Morgan fingerprint density at radius 1 is 1.47 bits per heavy atom. The lowest BCUT2D eigenvalue weighted by Crippen LogP contribution is -2.15. The van der Waals surface area contributed by atoms with E-state index in [1.165, 1.54) is 11.3 Å². The van der Waals surface area contributed by atoms with Gasteiger partial charge in [0.05, 0.1) is 14.9 Å². The Hall–Kier alpha value is -1.13. The molecule has 1 fully saturated rings. The van der Waals surface area contributed by atoms with Crippen molar-refractivity contribution in [2.75, 3.05) is 0 Å². The first kappa shape index (κ1) is 11.0. The second-order valence-corrected chi connectivity index (χ2v) is 6.02. The summed E-state index contributed by atoms with van der Waals surface area (Å²) in [5.74, 6) is 1.26. The van der Waals surface area contributed by atoms with Gasteiger partial charge in [-0.2, -0.15) is 0 Å². The summed E-state index contributed by atoms with van der Waals surface area (Å²) in [5, 5.41) is 0. The van der Waals surface area contributed by atoms with Gasteiger partial charge in [-0.15, -0.1) is 11.3 Å². The smallest absolute Gasteiger partial charge is 0.254 e. The molecule has 1 aliphatic carbocycles. The summed E-state index contributed by atoms with van der Waals surface area (Å²) >= 11 is 7.38. The van der Waals surface area contributed by atoms with Crippen molar-refractivity contribution in [2.45, 2.75) is 25.7 Å². The molecule has 88 valence electrons. The van der Waals surface area contributed by atoms with Gasteiger partial charge in [-0.25, -0.2) is 4.98 Å². The summed E-state index contributed by atoms with van der Waals surface area (Å²) in [6, 6.07) is 3.75. The van der Waals surface area contributed by atoms with Crippen LogP contribution in [0.25, 0.3) is 10.6 Å². The van der Waals surface area contributed by atoms with E-state index in [0.717, 1.165) is 33.6 Å². The second-order valence-electron chi connectivity index (χ2n) is 4.30. The number of H-pyrrole nitrogens is 1. The van der Waals surface area contributed by atoms with Crippen molar-refractivity contribution in [3.8, 4) is 10.6 Å². The number of hydrogen-bond acceptors (Lipinski definition) is 3. The molecule has 0 amide bonds. The number of aromatic amines is 1. The van der Waals surface area contributed by atoms with Crippen LogP contribution in [-0.4, -0.2) is 9.97 Å². The minimum Gasteiger partial charge on any atom is -0.310 e. The zero-order chi connectivity index (χ0) is 12.0. The molecule has 0 aliphatic heterocycles. The molecular formula is C12H11ClN2OS. The number of rotatable bonds is 2. The van der Waals surface area contributed by atoms with E-state index in [4.69, 9.17) is 11.6 Å². The van der Waals surface area contributed by atoms with Crippen LogP contribution in [0, 0.1) is 6.92 Å². The third-order valence-electron chi connectivity index (χ3n) is 2.94. The van der Waals surface area contributed by atoms with Gasteiger partial charge in [0.15, 0.2) is 0 Å². The van der Waals surface area contributed by atoms with E-state index in [0.29, 0.717) is 11.5 Å². The fraction of sp³-hybridized carbons (Fsp3) is 0.333. The molecule has 0 radical (unpaired) electrons. The average Bonchev–Trinajstić information content (AvgIpc) is 3.05. The minimum atomic E-state index is -0.0403. The normalized spacial score (nSPS) is 15.2. The van der Waals surface area contributed by atoms with Crippen molar-refractivity contribution in [2.24, 2.45) is 0 Å². The van der Waals surface area contributed by atoms with Gasteiger partial charge in [0, 0.05) is 11.5 Å². The molecule has 0 bridgehead atoms. The Kier molecular flexibility index (Phi) is 2.56. The van der Waals surface area contributed by atoms with Crippen LogP contribution < -0.4 is 5.56 Å². The molecule has 1 saturated carbocycles. The Morgan fingerprint density at radius 2 is 2.24 bits per heavy atom. The minimum absolute atomic E-state index is 0.0403. The van der Waals surface area contributed by atoms with Crippen LogP contribution in [0.15, 0.2) is 16.9 Å². The van der Waals surface area contributed by atoms with Crippen LogP contribution in [0.1, 0.15) is 30.1 Å². The molecular weight excluding hydrogens is 256 g/mol. The fourth-order valence-electron chi connectivity index (χ4n) is 1.78. The number of aromatic nitrogens is 2. The Bertz CT molecular complexity index is 628. The highest BCUT2D eigenvalue weighted by atomic mass is 35.5. The monoisotopic (exact) mass is 266 g/mol. The number of nitrogens with one attached hydrogen (secondary N) is 1. The van der Waals surface area contributed by atoms with Crippen LogP contribution in [0.4, 0.5) is 0 Å². The second kappa shape index (κ2) is 3.96. The van der Waals surface area contributed by atoms with Gasteiger partial charge in [-0.3, -0.25) is 4.79 Å². The molecule has 5 heteroatoms. The Labute approximate surface area is 107 Å². The topological polar surface area (TPSA) is 45.8 Å². The standard InChI is InChI=1S/C12H11ClN2OS/c1-6-10(8-4-5-9(13)17-8)14-11(7-2-3-7)15-12(6)16/h4-5,7H,2-3H2,1H3,(H,14,15,16). The maximum absolute atomic E-state index is 11.8. The maximum Gasteiger partial charge on any atom is 0.254 e. The average molecular weight is 267 g/mol. The van der Waals surface area contributed by atoms with Crippen LogP contribution in [0.2, 0.25) is 4.34 Å². The summed E-state index contributed by atoms with van der Waals surface area (Å²) in [6.45, 7) is 1.80. The highest BCUT2D eigenvalue weighted by Gasteiger charge is 2.27. The molecule has 3 rings (SSSR count). The number of hydrogen-bond donors (Lipinski definition) is 1. The highest BCUT2D eigenvalue weighted by molar-refractivity contribution is 7.19. The molecule has 3 nitrogen and oxygen atoms in total. The number of nitrogens with zero attached hydrogens (tertiary/aromatic N) is 1. The molecule has 0 aromatic carbocycles. The molecule has 0 saturated heterocycles. The molecule has 2 heterocycles. The van der Waals surface area contributed by atoms with Crippen molar-refractivity contribution >= 4 is 22.9 Å². The largest absolute Gasteiger partial charge is 0.310 e. The highest BCUT2D eigenvalue weighted by Crippen LogP contribution is 2.39. The first-order valence-electron chi connectivity index (χ1n) is 5.51. The summed E-state index contributed by atoms with van der Waals surface area (Å²) in [5.41, 5.74) is 1.39. The summed E-state index contributed by atoms with van der Waals surface area (Å²) in [4.78, 5) is 20.2. The molecule has 0 unspecified atom stereocenters. The third-order valence-corrected chi connectivity index (χ3v) is 4.18. The van der Waals surface area contributed by atoms with Crippen LogP contribution in [-0.2, 0) is 0 Å². The van der Waals surface area contributed by atoms with E-state index in [9.17, 15) is 4.79 Å². The van der Waals surface area contributed by atoms with E-state index in [-0.39, 0.29) is 5.56 Å². The van der Waals surface area contributed by atoms with Gasteiger partial charge in [0.25, 0.3) is 5.56 Å². The van der Waals surface area contributed by atoms with Gasteiger partial charge < -0.3 is 4.98 Å². The fourth-order valence-corrected chi connectivity index (χ4v) is 2.87. The van der Waals surface area contributed by atoms with Gasteiger partial charge >= 0.3 is 0 Å². The zero-order valence-corrected chi connectivity index (χ0v) is 10.9. The molecule has 17 heavy (non-hydrogen) atoms. The number of halogens is 1. The lowest BCUT2D eigenvalue weighted by Gasteiger charge is -2.04. The SMILES string of the molecule is Cc1c(-c2ccc(Cl)s2)nc(C2CC2)[nH]c1=O. The van der Waals surface area contributed by atoms with E-state index >= 15 is 0 Å². The van der Waals surface area contributed by atoms with Crippen molar-refractivity contribution in [3.63, 3.8) is 0 Å². The first-order valence-corrected chi connectivity index (χ1v) is 6.71. The van der Waals surface area contributed by atoms with E-state index < -0.39 is 0 Å². The van der Waals surface area contributed by atoms with E-state index in [1.54, 1.807) is 6.92 Å². The lowest BCUT2D eigenvalue weighted by atomic mass is 10.2. The zero-order valence-electron chi connectivity index (χ0n) is 9.29. The molecule has 0 spiro atoms. The number of thiophene rings is 1. The third kappa shape index (κ3) is 2.03. The van der Waals surface area contributed by atoms with Gasteiger partial charge in [0.1, 0.15) is 5.82 Å². The quantitative estimate of drug-likeness (QED) is 0.906. The van der Waals surface area contributed by atoms with Gasteiger partial charge in [-0.1, -0.05) is 11.6 Å². The van der Waals surface area contributed by atoms with Crippen LogP contribution >= 0.6 is 22.9 Å². The first-order chi connectivity index (χ1) is 8.15. The molecule has 1 aliphatic rings. The Balaban J connectivity index is 2.17. The van der Waals surface area contributed by atoms with Crippen molar-refractivity contribution in [1.29, 1.82) is 0 Å². The predicted octanol–water partition coefficient (Wildman–Crippen LogP) is 3.34. The molecule has 0 atom stereocenters. The lowest BCUT2D eigenvalue weighted by molar-refractivity contribution is 0.902. The van der Waals surface area contributed by atoms with Crippen LogP contribution in [0.5, 0.6) is 0 Å². The molecule has 2 aromatic heterocycles. The van der Waals surface area contributed by atoms with Gasteiger partial charge in [-0.05, 0) is 31.9 Å². The summed E-state index contributed by atoms with van der Waals surface area (Å²) in [6.07, 6.45) is 2.24. The van der Waals surface area contributed by atoms with Crippen molar-refractivity contribution < 1.29 is 0 Å². The predicted molar refractivity (Wildman–Crippen MR) is 69.9 cm³/mol. The molecule has 1 N–H and O–H groups in total. The van der Waals surface area contributed by atoms with Gasteiger partial charge in [0.2, 0.25) is 0 Å². The summed E-state index contributed by atoms with van der Waals surface area (Å²) < 4.78 is 0.717. The van der Waals surface area contributed by atoms with Crippen LogP contribution in [0.3, 0.4) is 0 Å². The Morgan fingerprint density at radius 3 is 2.82 bits per heavy atom. The van der Waals surface area contributed by atoms with E-state index in [2.05, 4.69) is 9.97 Å². The van der Waals surface area contributed by atoms with Crippen molar-refractivity contribution in [3.05, 3.63) is 38.2 Å².